The minimum atomic E-state index is -0.0951. The van der Waals surface area contributed by atoms with Gasteiger partial charge in [0.15, 0.2) is 0 Å². The van der Waals surface area contributed by atoms with E-state index in [-0.39, 0.29) is 11.4 Å². The van der Waals surface area contributed by atoms with E-state index in [9.17, 15) is 4.79 Å². The number of allylic oxidation sites excluding steroid dienone is 1. The number of amides is 1. The third kappa shape index (κ3) is 3.60. The van der Waals surface area contributed by atoms with Crippen LogP contribution in [0.2, 0.25) is 5.02 Å². The highest BCUT2D eigenvalue weighted by atomic mass is 35.5. The van der Waals surface area contributed by atoms with E-state index >= 15 is 0 Å². The first-order chi connectivity index (χ1) is 12.7. The molecular weight excluding hydrogens is 396 g/mol. The molecule has 0 aromatic heterocycles. The van der Waals surface area contributed by atoms with Gasteiger partial charge in [0.1, 0.15) is 4.32 Å². The molecule has 0 atom stereocenters. The minimum Gasteiger partial charge on any atom is -0.363 e. The predicted molar refractivity (Wildman–Crippen MR) is 122 cm³/mol. The summed E-state index contributed by atoms with van der Waals surface area (Å²) in [5.74, 6) is -0.0951. The molecule has 0 saturated carbocycles. The van der Waals surface area contributed by atoms with Crippen LogP contribution in [0.5, 0.6) is 0 Å². The van der Waals surface area contributed by atoms with Crippen molar-refractivity contribution in [3.05, 3.63) is 51.9 Å². The number of thiocarbonyl (C=S) groups is 1. The van der Waals surface area contributed by atoms with Crippen LogP contribution in [-0.2, 0) is 4.79 Å². The third-order valence-corrected chi connectivity index (χ3v) is 6.59. The Balaban J connectivity index is 2.06. The number of likely N-dealkylation sites (N-methyl/N-ethyl adjacent to an activating group) is 1. The maximum Gasteiger partial charge on any atom is 0.266 e. The van der Waals surface area contributed by atoms with E-state index in [0.717, 1.165) is 23.4 Å². The van der Waals surface area contributed by atoms with Crippen molar-refractivity contribution in [1.29, 1.82) is 0 Å². The molecule has 3 rings (SSSR count). The highest BCUT2D eigenvalue weighted by Gasteiger charge is 2.33. The second-order valence-electron chi connectivity index (χ2n) is 7.20. The highest BCUT2D eigenvalue weighted by molar-refractivity contribution is 8.26. The lowest BCUT2D eigenvalue weighted by molar-refractivity contribution is -0.121. The molecule has 1 fully saturated rings. The first-order valence-corrected chi connectivity index (χ1v) is 10.5. The highest BCUT2D eigenvalue weighted by Crippen LogP contribution is 2.42. The van der Waals surface area contributed by atoms with Crippen LogP contribution in [0.25, 0.3) is 11.6 Å². The van der Waals surface area contributed by atoms with Crippen LogP contribution in [0, 0.1) is 0 Å². The van der Waals surface area contributed by atoms with Gasteiger partial charge in [0.25, 0.3) is 5.91 Å². The first kappa shape index (κ1) is 20.2. The Hall–Kier alpha value is -1.56. The van der Waals surface area contributed by atoms with Crippen LogP contribution < -0.4 is 4.90 Å². The zero-order valence-electron chi connectivity index (χ0n) is 16.0. The van der Waals surface area contributed by atoms with E-state index in [0.29, 0.717) is 20.8 Å². The van der Waals surface area contributed by atoms with Crippen LogP contribution >= 0.6 is 35.6 Å². The number of thioether (sulfide) groups is 1. The van der Waals surface area contributed by atoms with Gasteiger partial charge in [-0.15, -0.1) is 6.58 Å². The number of rotatable bonds is 4. The number of nitrogens with zero attached hydrogens (tertiary/aromatic N) is 2. The fraction of sp³-hybridized carbons (Fsp3) is 0.333. The van der Waals surface area contributed by atoms with Crippen molar-refractivity contribution >= 4 is 63.1 Å². The number of carbonyl (C=O) groups is 1. The Bertz CT molecular complexity index is 902. The van der Waals surface area contributed by atoms with Crippen molar-refractivity contribution in [3.8, 4) is 0 Å². The Morgan fingerprint density at radius 1 is 1.37 bits per heavy atom. The molecule has 0 aliphatic carbocycles. The lowest BCUT2D eigenvalue weighted by Crippen LogP contribution is -2.44. The van der Waals surface area contributed by atoms with E-state index in [2.05, 4.69) is 51.3 Å². The molecule has 0 spiro atoms. The van der Waals surface area contributed by atoms with Gasteiger partial charge < -0.3 is 4.90 Å². The van der Waals surface area contributed by atoms with Gasteiger partial charge in [0.05, 0.1) is 10.4 Å². The predicted octanol–water partition coefficient (Wildman–Crippen LogP) is 5.75. The summed E-state index contributed by atoms with van der Waals surface area (Å²) in [6, 6.07) is 4.08. The Kier molecular flexibility index (Phi) is 5.57. The van der Waals surface area contributed by atoms with Gasteiger partial charge in [0, 0.05) is 29.4 Å². The number of fused-ring (bicyclic) bond motifs is 1. The molecule has 142 valence electrons. The lowest BCUT2D eigenvalue weighted by atomic mass is 9.88. The normalized spacial score (nSPS) is 20.2. The molecule has 3 nitrogen and oxygen atoms in total. The summed E-state index contributed by atoms with van der Waals surface area (Å²) >= 11 is 13.2. The van der Waals surface area contributed by atoms with E-state index in [4.69, 9.17) is 23.8 Å². The maximum atomic E-state index is 12.6. The van der Waals surface area contributed by atoms with Crippen LogP contribution in [0.1, 0.15) is 38.8 Å². The minimum absolute atomic E-state index is 0.0657. The summed E-state index contributed by atoms with van der Waals surface area (Å²) in [6.45, 7) is 13.7. The number of hydrogen-bond acceptors (Lipinski definition) is 4. The molecule has 2 aliphatic rings. The summed E-state index contributed by atoms with van der Waals surface area (Å²) in [5.41, 5.74) is 4.25. The number of carbonyl (C=O) groups excluding carboxylic acids is 1. The van der Waals surface area contributed by atoms with Crippen molar-refractivity contribution in [3.63, 3.8) is 0 Å². The maximum absolute atomic E-state index is 12.6. The molecule has 0 N–H and O–H groups in total. The molecule has 6 heteroatoms. The monoisotopic (exact) mass is 418 g/mol. The van der Waals surface area contributed by atoms with Crippen molar-refractivity contribution in [2.75, 3.05) is 18.0 Å². The van der Waals surface area contributed by atoms with Gasteiger partial charge in [0.2, 0.25) is 0 Å². The van der Waals surface area contributed by atoms with Gasteiger partial charge in [-0.05, 0) is 57.0 Å². The van der Waals surface area contributed by atoms with Crippen LogP contribution in [0.3, 0.4) is 0 Å². The summed E-state index contributed by atoms with van der Waals surface area (Å²) in [5, 5.41) is 0.631. The van der Waals surface area contributed by atoms with Crippen LogP contribution in [0.15, 0.2) is 35.8 Å². The SMILES string of the molecule is C=CCN1C(=O)/C(=C\c2cc3c(cc2Cl)N(CC)C(C)(C)C=C3C)SC1=S. The topological polar surface area (TPSA) is 23.6 Å². The molecule has 0 unspecified atom stereocenters. The number of hydrogen-bond donors (Lipinski definition) is 0. The summed E-state index contributed by atoms with van der Waals surface area (Å²) in [4.78, 5) is 17.1. The number of anilines is 1. The molecule has 27 heavy (non-hydrogen) atoms. The molecule has 1 amide bonds. The number of benzene rings is 1. The molecule has 1 aromatic rings. The second-order valence-corrected chi connectivity index (χ2v) is 9.28. The van der Waals surface area contributed by atoms with Gasteiger partial charge in [-0.2, -0.15) is 0 Å². The zero-order valence-corrected chi connectivity index (χ0v) is 18.4. The van der Waals surface area contributed by atoms with Gasteiger partial charge in [-0.1, -0.05) is 47.7 Å². The molecular formula is C21H23ClN2OS2. The average Bonchev–Trinajstić information content (AvgIpc) is 2.84. The molecule has 2 aliphatic heterocycles. The van der Waals surface area contributed by atoms with Gasteiger partial charge >= 0.3 is 0 Å². The molecule has 0 radical (unpaired) electrons. The molecule has 0 bridgehead atoms. The lowest BCUT2D eigenvalue weighted by Gasteiger charge is -2.43. The number of halogens is 1. The van der Waals surface area contributed by atoms with Gasteiger partial charge in [-0.25, -0.2) is 0 Å². The third-order valence-electron chi connectivity index (χ3n) is 4.88. The summed E-state index contributed by atoms with van der Waals surface area (Å²) < 4.78 is 0.551. The fourth-order valence-electron chi connectivity index (χ4n) is 3.73. The summed E-state index contributed by atoms with van der Waals surface area (Å²) in [6.07, 6.45) is 5.79. The van der Waals surface area contributed by atoms with E-state index in [1.807, 2.05) is 12.1 Å². The quantitative estimate of drug-likeness (QED) is 0.353. The average molecular weight is 419 g/mol. The largest absolute Gasteiger partial charge is 0.363 e. The van der Waals surface area contributed by atoms with E-state index in [1.54, 1.807) is 11.0 Å². The zero-order chi connectivity index (χ0) is 19.9. The van der Waals surface area contributed by atoms with E-state index in [1.165, 1.54) is 17.3 Å². The smallest absolute Gasteiger partial charge is 0.266 e. The van der Waals surface area contributed by atoms with Crippen LogP contribution in [-0.4, -0.2) is 33.8 Å². The van der Waals surface area contributed by atoms with Crippen molar-refractivity contribution in [2.24, 2.45) is 0 Å². The molecule has 1 saturated heterocycles. The van der Waals surface area contributed by atoms with Gasteiger partial charge in [-0.3, -0.25) is 9.69 Å². The Morgan fingerprint density at radius 3 is 2.70 bits per heavy atom. The van der Waals surface area contributed by atoms with Crippen molar-refractivity contribution < 1.29 is 4.79 Å². The summed E-state index contributed by atoms with van der Waals surface area (Å²) in [7, 11) is 0. The van der Waals surface area contributed by atoms with Crippen LogP contribution in [0.4, 0.5) is 5.69 Å². The van der Waals surface area contributed by atoms with Crippen molar-refractivity contribution in [1.82, 2.24) is 4.90 Å². The first-order valence-electron chi connectivity index (χ1n) is 8.87. The Labute approximate surface area is 175 Å². The van der Waals surface area contributed by atoms with E-state index < -0.39 is 0 Å². The standard InChI is InChI=1S/C21H23ClN2OS2/c1-6-8-23-19(25)18(27-20(23)26)10-14-9-15-13(3)12-21(4,5)24(7-2)17(15)11-16(14)22/h6,9-12H,1,7-8H2,2-5H3/b18-10+. The fourth-order valence-corrected chi connectivity index (χ4v) is 5.21. The second kappa shape index (κ2) is 7.46. The molecule has 2 heterocycles. The van der Waals surface area contributed by atoms with Crippen molar-refractivity contribution in [2.45, 2.75) is 33.2 Å². The molecule has 1 aromatic carbocycles. The Morgan fingerprint density at radius 2 is 2.07 bits per heavy atom.